The van der Waals surface area contributed by atoms with Crippen LogP contribution in [0.5, 0.6) is 0 Å². The topological polar surface area (TPSA) is 53.4 Å². The zero-order valence-corrected chi connectivity index (χ0v) is 11.7. The maximum atomic E-state index is 11.8. The van der Waals surface area contributed by atoms with Gasteiger partial charge < -0.3 is 10.2 Å². The van der Waals surface area contributed by atoms with Gasteiger partial charge in [0.1, 0.15) is 0 Å². The van der Waals surface area contributed by atoms with Gasteiger partial charge in [0, 0.05) is 51.2 Å². The van der Waals surface area contributed by atoms with Crippen molar-refractivity contribution in [3.63, 3.8) is 0 Å². The summed E-state index contributed by atoms with van der Waals surface area (Å²) < 4.78 is 1.94. The van der Waals surface area contributed by atoms with Gasteiger partial charge >= 0.3 is 6.03 Å². The van der Waals surface area contributed by atoms with Crippen LogP contribution < -0.4 is 5.32 Å². The molecule has 106 valence electrons. The quantitative estimate of drug-likeness (QED) is 0.868. The van der Waals surface area contributed by atoms with Crippen molar-refractivity contribution in [2.24, 2.45) is 0 Å². The first kappa shape index (κ1) is 13.9. The Morgan fingerprint density at radius 1 is 1.26 bits per heavy atom. The summed E-state index contributed by atoms with van der Waals surface area (Å²) in [6.07, 6.45) is 3.78. The summed E-state index contributed by atoms with van der Waals surface area (Å²) in [6.45, 7) is 9.35. The molecule has 0 aliphatic carbocycles. The normalized spacial score (nSPS) is 16.9. The zero-order chi connectivity index (χ0) is 13.7. The van der Waals surface area contributed by atoms with E-state index in [1.807, 2.05) is 35.7 Å². The molecule has 1 N–H and O–H groups in total. The third-order valence-electron chi connectivity index (χ3n) is 3.28. The molecule has 1 aromatic rings. The molecule has 6 heteroatoms. The Balaban J connectivity index is 1.69. The number of nitrogens with zero attached hydrogens (tertiary/aromatic N) is 4. The van der Waals surface area contributed by atoms with E-state index in [0.717, 1.165) is 39.3 Å². The predicted octanol–water partition coefficient (Wildman–Crippen LogP) is 0.619. The van der Waals surface area contributed by atoms with Gasteiger partial charge in [0.25, 0.3) is 0 Å². The molecule has 0 spiro atoms. The van der Waals surface area contributed by atoms with E-state index in [9.17, 15) is 4.79 Å². The fourth-order valence-corrected chi connectivity index (χ4v) is 2.19. The molecule has 2 rings (SSSR count). The minimum Gasteiger partial charge on any atom is -0.336 e. The maximum Gasteiger partial charge on any atom is 0.317 e. The molecule has 0 bridgehead atoms. The Hall–Kier alpha value is -1.56. The lowest BCUT2D eigenvalue weighted by Crippen LogP contribution is -2.53. The molecule has 6 nitrogen and oxygen atoms in total. The molecule has 1 aromatic heterocycles. The lowest BCUT2D eigenvalue weighted by atomic mass is 10.3. The van der Waals surface area contributed by atoms with Crippen LogP contribution in [0.25, 0.3) is 0 Å². The average Bonchev–Trinajstić information content (AvgIpc) is 2.89. The summed E-state index contributed by atoms with van der Waals surface area (Å²) in [7, 11) is 0. The number of carbonyl (C=O) groups excluding carboxylic acids is 1. The molecule has 2 heterocycles. The number of aromatic nitrogens is 2. The van der Waals surface area contributed by atoms with Crippen LogP contribution in [0, 0.1) is 0 Å². The number of carbonyl (C=O) groups is 1. The van der Waals surface area contributed by atoms with Gasteiger partial charge in [-0.15, -0.1) is 0 Å². The second-order valence-electron chi connectivity index (χ2n) is 5.20. The van der Waals surface area contributed by atoms with Gasteiger partial charge in [-0.3, -0.25) is 9.58 Å². The van der Waals surface area contributed by atoms with Crippen LogP contribution >= 0.6 is 0 Å². The first-order chi connectivity index (χ1) is 9.15. The van der Waals surface area contributed by atoms with Crippen molar-refractivity contribution in [3.8, 4) is 0 Å². The molecule has 2 amide bonds. The SMILES string of the molecule is CC(C)NC(=O)N1CCN(CCn2cccn2)CC1. The van der Waals surface area contributed by atoms with Gasteiger partial charge in [-0.2, -0.15) is 5.10 Å². The van der Waals surface area contributed by atoms with E-state index < -0.39 is 0 Å². The van der Waals surface area contributed by atoms with E-state index in [1.54, 1.807) is 6.20 Å². The van der Waals surface area contributed by atoms with E-state index in [-0.39, 0.29) is 12.1 Å². The summed E-state index contributed by atoms with van der Waals surface area (Å²) in [6, 6.07) is 2.20. The number of amides is 2. The van der Waals surface area contributed by atoms with Gasteiger partial charge in [-0.1, -0.05) is 0 Å². The van der Waals surface area contributed by atoms with Crippen molar-refractivity contribution in [2.75, 3.05) is 32.7 Å². The van der Waals surface area contributed by atoms with Gasteiger partial charge in [0.2, 0.25) is 0 Å². The monoisotopic (exact) mass is 265 g/mol. The fraction of sp³-hybridized carbons (Fsp3) is 0.692. The highest BCUT2D eigenvalue weighted by molar-refractivity contribution is 5.74. The molecule has 1 fully saturated rings. The van der Waals surface area contributed by atoms with Crippen molar-refractivity contribution >= 4 is 6.03 Å². The average molecular weight is 265 g/mol. The van der Waals surface area contributed by atoms with Gasteiger partial charge in [0.15, 0.2) is 0 Å². The van der Waals surface area contributed by atoms with Gasteiger partial charge in [0.05, 0.1) is 6.54 Å². The van der Waals surface area contributed by atoms with Gasteiger partial charge in [-0.25, -0.2) is 4.79 Å². The molecule has 0 unspecified atom stereocenters. The highest BCUT2D eigenvalue weighted by Crippen LogP contribution is 2.02. The van der Waals surface area contributed by atoms with Crippen LogP contribution in [0.2, 0.25) is 0 Å². The Bertz CT molecular complexity index is 382. The van der Waals surface area contributed by atoms with Crippen molar-refractivity contribution in [1.82, 2.24) is 24.9 Å². The maximum absolute atomic E-state index is 11.8. The highest BCUT2D eigenvalue weighted by atomic mass is 16.2. The van der Waals surface area contributed by atoms with Crippen LogP contribution in [-0.4, -0.2) is 64.4 Å². The summed E-state index contributed by atoms with van der Waals surface area (Å²) in [5, 5.41) is 7.13. The van der Waals surface area contributed by atoms with Crippen molar-refractivity contribution in [3.05, 3.63) is 18.5 Å². The van der Waals surface area contributed by atoms with Gasteiger partial charge in [-0.05, 0) is 19.9 Å². The van der Waals surface area contributed by atoms with Crippen LogP contribution in [0.4, 0.5) is 4.79 Å². The second kappa shape index (κ2) is 6.56. The standard InChI is InChI=1S/C13H23N5O/c1-12(2)15-13(19)17-9-6-16(7-10-17)8-11-18-5-3-4-14-18/h3-5,12H,6-11H2,1-2H3,(H,15,19). The van der Waals surface area contributed by atoms with E-state index in [4.69, 9.17) is 0 Å². The summed E-state index contributed by atoms with van der Waals surface area (Å²) in [5.74, 6) is 0. The first-order valence-electron chi connectivity index (χ1n) is 6.90. The van der Waals surface area contributed by atoms with Crippen LogP contribution in [0.1, 0.15) is 13.8 Å². The number of rotatable bonds is 4. The van der Waals surface area contributed by atoms with Crippen LogP contribution in [0.15, 0.2) is 18.5 Å². The summed E-state index contributed by atoms with van der Waals surface area (Å²) in [4.78, 5) is 16.1. The third kappa shape index (κ3) is 4.24. The minimum atomic E-state index is 0.0572. The van der Waals surface area contributed by atoms with Crippen LogP contribution in [0.3, 0.4) is 0 Å². The molecular formula is C13H23N5O. The lowest BCUT2D eigenvalue weighted by Gasteiger charge is -2.35. The second-order valence-corrected chi connectivity index (χ2v) is 5.20. The molecule has 1 aliphatic heterocycles. The van der Waals surface area contributed by atoms with Crippen molar-refractivity contribution in [1.29, 1.82) is 0 Å². The van der Waals surface area contributed by atoms with E-state index in [0.29, 0.717) is 0 Å². The van der Waals surface area contributed by atoms with E-state index in [1.165, 1.54) is 0 Å². The van der Waals surface area contributed by atoms with E-state index in [2.05, 4.69) is 15.3 Å². The highest BCUT2D eigenvalue weighted by Gasteiger charge is 2.20. The number of hydrogen-bond donors (Lipinski definition) is 1. The molecule has 1 aliphatic rings. The fourth-order valence-electron chi connectivity index (χ4n) is 2.19. The number of nitrogens with one attached hydrogen (secondary N) is 1. The summed E-state index contributed by atoms with van der Waals surface area (Å²) in [5.41, 5.74) is 0. The smallest absolute Gasteiger partial charge is 0.317 e. The Morgan fingerprint density at radius 3 is 2.58 bits per heavy atom. The lowest BCUT2D eigenvalue weighted by molar-refractivity contribution is 0.134. The molecular weight excluding hydrogens is 242 g/mol. The number of hydrogen-bond acceptors (Lipinski definition) is 3. The van der Waals surface area contributed by atoms with Crippen LogP contribution in [-0.2, 0) is 6.54 Å². The van der Waals surface area contributed by atoms with Crippen molar-refractivity contribution < 1.29 is 4.79 Å². The molecule has 1 saturated heterocycles. The first-order valence-corrected chi connectivity index (χ1v) is 6.90. The molecule has 0 atom stereocenters. The Morgan fingerprint density at radius 2 is 2.00 bits per heavy atom. The largest absolute Gasteiger partial charge is 0.336 e. The van der Waals surface area contributed by atoms with E-state index >= 15 is 0 Å². The Labute approximate surface area is 114 Å². The predicted molar refractivity (Wildman–Crippen MR) is 73.9 cm³/mol. The molecule has 19 heavy (non-hydrogen) atoms. The molecule has 0 saturated carbocycles. The number of urea groups is 1. The Kier molecular flexibility index (Phi) is 4.79. The number of piperazine rings is 1. The summed E-state index contributed by atoms with van der Waals surface area (Å²) >= 11 is 0. The zero-order valence-electron chi connectivity index (χ0n) is 11.7. The van der Waals surface area contributed by atoms with Crippen molar-refractivity contribution in [2.45, 2.75) is 26.4 Å². The molecule has 0 radical (unpaired) electrons. The minimum absolute atomic E-state index is 0.0572. The molecule has 0 aromatic carbocycles. The third-order valence-corrected chi connectivity index (χ3v) is 3.28.